The molecule has 5 nitrogen and oxygen atoms in total. The number of nitrogens with zero attached hydrogens (tertiary/aromatic N) is 3. The summed E-state index contributed by atoms with van der Waals surface area (Å²) in [5.74, 6) is -0.375. The van der Waals surface area contributed by atoms with Crippen LogP contribution in [0.5, 0.6) is 0 Å². The minimum atomic E-state index is -0.375. The Balaban J connectivity index is 1.88. The van der Waals surface area contributed by atoms with Crippen LogP contribution in [0.4, 0.5) is 0 Å². The summed E-state index contributed by atoms with van der Waals surface area (Å²) in [5.41, 5.74) is 5.79. The first-order chi connectivity index (χ1) is 13.5. The average molecular weight is 390 g/mol. The van der Waals surface area contributed by atoms with E-state index in [1.165, 1.54) is 7.11 Å². The highest BCUT2D eigenvalue weighted by molar-refractivity contribution is 6.36. The number of rotatable bonds is 3. The number of hydrogen-bond acceptors (Lipinski definition) is 4. The van der Waals surface area contributed by atoms with Crippen LogP contribution in [0.3, 0.4) is 0 Å². The summed E-state index contributed by atoms with van der Waals surface area (Å²) in [6.45, 7) is 1.89. The van der Waals surface area contributed by atoms with Crippen LogP contribution in [0, 0.1) is 18.3 Å². The molecule has 2 aromatic carbocycles. The second-order valence-corrected chi connectivity index (χ2v) is 6.89. The van der Waals surface area contributed by atoms with Gasteiger partial charge in [-0.05, 0) is 54.3 Å². The molecule has 0 saturated carbocycles. The highest BCUT2D eigenvalue weighted by atomic mass is 35.5. The first-order valence-corrected chi connectivity index (χ1v) is 9.08. The second-order valence-electron chi connectivity index (χ2n) is 6.51. The maximum atomic E-state index is 11.6. The van der Waals surface area contributed by atoms with Crippen LogP contribution in [0.15, 0.2) is 48.7 Å². The molecule has 0 atom stereocenters. The number of methoxy groups -OCH3 is 1. The van der Waals surface area contributed by atoms with Crippen molar-refractivity contribution in [2.45, 2.75) is 13.3 Å². The van der Waals surface area contributed by atoms with Crippen LogP contribution >= 0.6 is 11.6 Å². The fourth-order valence-corrected chi connectivity index (χ4v) is 3.83. The highest BCUT2D eigenvalue weighted by Gasteiger charge is 2.20. The zero-order valence-electron chi connectivity index (χ0n) is 15.4. The van der Waals surface area contributed by atoms with Gasteiger partial charge >= 0.3 is 5.97 Å². The zero-order chi connectivity index (χ0) is 19.8. The maximum absolute atomic E-state index is 11.6. The Labute approximate surface area is 166 Å². The van der Waals surface area contributed by atoms with Gasteiger partial charge in [0.1, 0.15) is 17.2 Å². The summed E-state index contributed by atoms with van der Waals surface area (Å²) in [5, 5.41) is 10.3. The Morgan fingerprint density at radius 2 is 2.00 bits per heavy atom. The lowest BCUT2D eigenvalue weighted by molar-refractivity contribution is 0.0600. The van der Waals surface area contributed by atoms with Crippen LogP contribution in [-0.4, -0.2) is 22.5 Å². The number of ether oxygens (including phenoxy) is 1. The van der Waals surface area contributed by atoms with Gasteiger partial charge in [-0.2, -0.15) is 5.26 Å². The van der Waals surface area contributed by atoms with Crippen molar-refractivity contribution in [3.63, 3.8) is 0 Å². The molecule has 0 bridgehead atoms. The van der Waals surface area contributed by atoms with Gasteiger partial charge in [-0.1, -0.05) is 29.8 Å². The Bertz CT molecular complexity index is 1270. The fourth-order valence-electron chi connectivity index (χ4n) is 3.44. The third-order valence-corrected chi connectivity index (χ3v) is 5.34. The summed E-state index contributed by atoms with van der Waals surface area (Å²) >= 11 is 6.81. The number of benzene rings is 2. The third kappa shape index (κ3) is 2.79. The minimum absolute atomic E-state index is 0.375. The summed E-state index contributed by atoms with van der Waals surface area (Å²) < 4.78 is 6.64. The molecule has 2 heterocycles. The molecule has 0 fully saturated rings. The molecule has 0 unspecified atom stereocenters. The standard InChI is InChI=1S/C22H16ClN3O2/c1-13-16(11-14-6-8-15(9-7-14)22(27)28-2)19(23)21-20(17(13)12-24)25-18-5-3-4-10-26(18)21/h3-10H,11H2,1-2H3. The van der Waals surface area contributed by atoms with Gasteiger partial charge < -0.3 is 4.74 Å². The monoisotopic (exact) mass is 389 g/mol. The van der Waals surface area contributed by atoms with E-state index in [1.54, 1.807) is 12.1 Å². The number of pyridine rings is 1. The summed E-state index contributed by atoms with van der Waals surface area (Å²) in [6, 6.07) is 15.2. The van der Waals surface area contributed by atoms with Crippen molar-refractivity contribution in [2.24, 2.45) is 0 Å². The summed E-state index contributed by atoms with van der Waals surface area (Å²) in [4.78, 5) is 16.2. The topological polar surface area (TPSA) is 67.4 Å². The normalized spacial score (nSPS) is 10.9. The van der Waals surface area contributed by atoms with Crippen LogP contribution in [0.1, 0.15) is 32.6 Å². The van der Waals surface area contributed by atoms with Crippen LogP contribution in [-0.2, 0) is 11.2 Å². The van der Waals surface area contributed by atoms with Gasteiger partial charge in [0.05, 0.1) is 28.8 Å². The number of hydrogen-bond donors (Lipinski definition) is 0. The Morgan fingerprint density at radius 1 is 1.25 bits per heavy atom. The minimum Gasteiger partial charge on any atom is -0.465 e. The summed E-state index contributed by atoms with van der Waals surface area (Å²) in [6.07, 6.45) is 2.43. The van der Waals surface area contributed by atoms with Crippen molar-refractivity contribution in [3.8, 4) is 6.07 Å². The van der Waals surface area contributed by atoms with E-state index in [2.05, 4.69) is 11.1 Å². The molecule has 6 heteroatoms. The second kappa shape index (κ2) is 6.99. The van der Waals surface area contributed by atoms with E-state index in [9.17, 15) is 10.1 Å². The Kier molecular flexibility index (Phi) is 4.50. The van der Waals surface area contributed by atoms with Crippen molar-refractivity contribution in [1.29, 1.82) is 5.26 Å². The van der Waals surface area contributed by atoms with Crippen LogP contribution < -0.4 is 0 Å². The lowest BCUT2D eigenvalue weighted by Crippen LogP contribution is -2.02. The fraction of sp³-hybridized carbons (Fsp3) is 0.136. The number of nitriles is 1. The van der Waals surface area contributed by atoms with E-state index in [4.69, 9.17) is 16.3 Å². The van der Waals surface area contributed by atoms with Crippen LogP contribution in [0.2, 0.25) is 5.02 Å². The highest BCUT2D eigenvalue weighted by Crippen LogP contribution is 2.35. The first kappa shape index (κ1) is 18.0. The predicted octanol–water partition coefficient (Wildman–Crippen LogP) is 4.70. The molecule has 0 radical (unpaired) electrons. The molecule has 0 aliphatic carbocycles. The van der Waals surface area contributed by atoms with Gasteiger partial charge in [0.15, 0.2) is 0 Å². The van der Waals surface area contributed by atoms with E-state index in [0.717, 1.165) is 27.9 Å². The van der Waals surface area contributed by atoms with Gasteiger partial charge in [-0.25, -0.2) is 9.78 Å². The molecule has 0 N–H and O–H groups in total. The van der Waals surface area contributed by atoms with Gasteiger partial charge in [-0.3, -0.25) is 4.40 Å². The smallest absolute Gasteiger partial charge is 0.337 e. The predicted molar refractivity (Wildman–Crippen MR) is 108 cm³/mol. The summed E-state index contributed by atoms with van der Waals surface area (Å²) in [7, 11) is 1.36. The number of halogens is 1. The average Bonchev–Trinajstić information content (AvgIpc) is 3.10. The molecule has 0 saturated heterocycles. The van der Waals surface area contributed by atoms with Gasteiger partial charge in [-0.15, -0.1) is 0 Å². The maximum Gasteiger partial charge on any atom is 0.337 e. The van der Waals surface area contributed by atoms with E-state index in [0.29, 0.717) is 28.1 Å². The Morgan fingerprint density at radius 3 is 2.68 bits per heavy atom. The van der Waals surface area contributed by atoms with Crippen LogP contribution in [0.25, 0.3) is 16.7 Å². The van der Waals surface area contributed by atoms with Crippen molar-refractivity contribution in [1.82, 2.24) is 9.38 Å². The molecule has 4 rings (SSSR count). The molecule has 2 aromatic heterocycles. The molecule has 0 aliphatic heterocycles. The molecule has 138 valence electrons. The van der Waals surface area contributed by atoms with Gasteiger partial charge in [0, 0.05) is 6.20 Å². The number of aromatic nitrogens is 2. The number of imidazole rings is 1. The molecule has 0 aliphatic rings. The lowest BCUT2D eigenvalue weighted by Gasteiger charge is -2.12. The molecular formula is C22H16ClN3O2. The quantitative estimate of drug-likeness (QED) is 0.476. The van der Waals surface area contributed by atoms with Crippen molar-refractivity contribution in [3.05, 3.63) is 81.5 Å². The van der Waals surface area contributed by atoms with E-state index >= 15 is 0 Å². The molecular weight excluding hydrogens is 374 g/mol. The van der Waals surface area contributed by atoms with E-state index in [1.807, 2.05) is 47.9 Å². The third-order valence-electron chi connectivity index (χ3n) is 4.93. The van der Waals surface area contributed by atoms with Crippen molar-refractivity contribution in [2.75, 3.05) is 7.11 Å². The lowest BCUT2D eigenvalue weighted by atomic mass is 9.95. The van der Waals surface area contributed by atoms with Crippen molar-refractivity contribution < 1.29 is 9.53 Å². The molecule has 28 heavy (non-hydrogen) atoms. The SMILES string of the molecule is COC(=O)c1ccc(Cc2c(C)c(C#N)c3nc4ccccn4c3c2Cl)cc1. The molecule has 0 spiro atoms. The van der Waals surface area contributed by atoms with Gasteiger partial charge in [0.25, 0.3) is 0 Å². The van der Waals surface area contributed by atoms with Crippen molar-refractivity contribution >= 4 is 34.3 Å². The Hall–Kier alpha value is -3.36. The number of esters is 1. The number of carbonyl (C=O) groups excluding carboxylic acids is 1. The zero-order valence-corrected chi connectivity index (χ0v) is 16.1. The molecule has 4 aromatic rings. The number of carbonyl (C=O) groups is 1. The largest absolute Gasteiger partial charge is 0.465 e. The van der Waals surface area contributed by atoms with E-state index < -0.39 is 0 Å². The first-order valence-electron chi connectivity index (χ1n) is 8.70. The molecule has 0 amide bonds. The number of fused-ring (bicyclic) bond motifs is 3. The van der Waals surface area contributed by atoms with E-state index in [-0.39, 0.29) is 5.97 Å². The van der Waals surface area contributed by atoms with Gasteiger partial charge in [0.2, 0.25) is 0 Å².